The molecule has 1 aromatic carbocycles. The predicted octanol–water partition coefficient (Wildman–Crippen LogP) is 3.98. The van der Waals surface area contributed by atoms with Gasteiger partial charge in [0.15, 0.2) is 0 Å². The molecule has 6 nitrogen and oxygen atoms in total. The minimum absolute atomic E-state index is 0.169. The van der Waals surface area contributed by atoms with Gasteiger partial charge >= 0.3 is 0 Å². The maximum absolute atomic E-state index is 5.54. The lowest BCUT2D eigenvalue weighted by Gasteiger charge is -2.29. The van der Waals surface area contributed by atoms with Crippen molar-refractivity contribution in [3.05, 3.63) is 95.9 Å². The molecule has 6 heteroatoms. The summed E-state index contributed by atoms with van der Waals surface area (Å²) >= 11 is 0. The van der Waals surface area contributed by atoms with E-state index >= 15 is 0 Å². The third kappa shape index (κ3) is 4.39. The Morgan fingerprint density at radius 2 is 1.91 bits per heavy atom. The van der Waals surface area contributed by atoms with Crippen LogP contribution < -0.4 is 16.0 Å². The average Bonchev–Trinajstić information content (AvgIpc) is 3.32. The Kier molecular flexibility index (Phi) is 5.69. The molecule has 5 rings (SSSR count). The van der Waals surface area contributed by atoms with Gasteiger partial charge in [-0.1, -0.05) is 43.2 Å². The second-order valence-corrected chi connectivity index (χ2v) is 8.05. The number of H-pyrrole nitrogens is 1. The quantitative estimate of drug-likeness (QED) is 0.442. The van der Waals surface area contributed by atoms with Gasteiger partial charge in [0.25, 0.3) is 0 Å². The monoisotopic (exact) mass is 434 g/mol. The van der Waals surface area contributed by atoms with E-state index < -0.39 is 0 Å². The number of rotatable bonds is 6. The number of fused-ring (bicyclic) bond motifs is 1. The molecule has 0 radical (unpaired) electrons. The molecule has 0 saturated carbocycles. The standard InChI is InChI=1S/C27H26N6/c1-3-18-7-5-9-21(15-18)30-17-25-32-26(19-11-12-22-24(16-19)29-14-13-28-22)27(33-25)23-10-6-8-20(4-2)31-23/h1,5-16,22,24,28-30H,4,17H2,2H3,(H,32,33). The molecule has 33 heavy (non-hydrogen) atoms. The van der Waals surface area contributed by atoms with Crippen molar-refractivity contribution in [1.82, 2.24) is 25.6 Å². The Morgan fingerprint density at radius 3 is 2.76 bits per heavy atom. The number of benzene rings is 1. The van der Waals surface area contributed by atoms with Gasteiger partial charge in [0, 0.05) is 34.9 Å². The van der Waals surface area contributed by atoms with E-state index in [-0.39, 0.29) is 12.1 Å². The fourth-order valence-corrected chi connectivity index (χ4v) is 4.09. The van der Waals surface area contributed by atoms with Crippen molar-refractivity contribution in [2.24, 2.45) is 0 Å². The third-order valence-electron chi connectivity index (χ3n) is 5.83. The zero-order valence-electron chi connectivity index (χ0n) is 18.5. The Morgan fingerprint density at radius 1 is 1.06 bits per heavy atom. The van der Waals surface area contributed by atoms with Gasteiger partial charge in [-0.15, -0.1) is 6.42 Å². The van der Waals surface area contributed by atoms with Gasteiger partial charge < -0.3 is 20.9 Å². The molecule has 0 saturated heterocycles. The SMILES string of the molecule is C#Cc1cccc(NCc2nc(C3=CC4NC=CNC4C=C3)c(-c3cccc(CC)n3)[nH]2)c1. The number of pyridine rings is 1. The van der Waals surface area contributed by atoms with Crippen LogP contribution in [0.25, 0.3) is 17.0 Å². The average molecular weight is 435 g/mol. The van der Waals surface area contributed by atoms with E-state index in [1.807, 2.05) is 48.8 Å². The highest BCUT2D eigenvalue weighted by molar-refractivity contribution is 5.82. The number of nitrogens with zero attached hydrogens (tertiary/aromatic N) is 2. The lowest BCUT2D eigenvalue weighted by Crippen LogP contribution is -2.46. The summed E-state index contributed by atoms with van der Waals surface area (Å²) in [5, 5.41) is 10.2. The van der Waals surface area contributed by atoms with Crippen molar-refractivity contribution in [2.75, 3.05) is 5.32 Å². The molecule has 164 valence electrons. The first kappa shape index (κ1) is 20.7. The second-order valence-electron chi connectivity index (χ2n) is 8.05. The van der Waals surface area contributed by atoms with Crippen LogP contribution in [-0.2, 0) is 13.0 Å². The summed E-state index contributed by atoms with van der Waals surface area (Å²) in [6.45, 7) is 2.65. The molecule has 1 aliphatic carbocycles. The van der Waals surface area contributed by atoms with E-state index in [1.54, 1.807) is 0 Å². The molecular formula is C27H26N6. The van der Waals surface area contributed by atoms with Gasteiger partial charge in [-0.3, -0.25) is 4.98 Å². The number of imidazole rings is 1. The highest BCUT2D eigenvalue weighted by Crippen LogP contribution is 2.30. The Bertz CT molecular complexity index is 1290. The largest absolute Gasteiger partial charge is 0.381 e. The topological polar surface area (TPSA) is 77.7 Å². The summed E-state index contributed by atoms with van der Waals surface area (Å²) in [6.07, 6.45) is 16.8. The molecule has 2 aromatic heterocycles. The Labute approximate surface area is 194 Å². The number of terminal acetylenes is 1. The summed E-state index contributed by atoms with van der Waals surface area (Å²) in [6, 6.07) is 14.3. The number of nitrogens with one attached hydrogen (secondary N) is 4. The van der Waals surface area contributed by atoms with Crippen molar-refractivity contribution >= 4 is 11.3 Å². The molecule has 0 fully saturated rings. The summed E-state index contributed by atoms with van der Waals surface area (Å²) in [5.41, 5.74) is 6.63. The van der Waals surface area contributed by atoms with Crippen LogP contribution in [-0.4, -0.2) is 27.0 Å². The van der Waals surface area contributed by atoms with Crippen molar-refractivity contribution in [1.29, 1.82) is 0 Å². The van der Waals surface area contributed by atoms with Gasteiger partial charge in [0.05, 0.1) is 35.7 Å². The molecule has 3 heterocycles. The van der Waals surface area contributed by atoms with Crippen LogP contribution in [0.3, 0.4) is 0 Å². The zero-order valence-corrected chi connectivity index (χ0v) is 18.5. The predicted molar refractivity (Wildman–Crippen MR) is 133 cm³/mol. The van der Waals surface area contributed by atoms with E-state index in [1.165, 1.54) is 0 Å². The van der Waals surface area contributed by atoms with E-state index in [0.29, 0.717) is 6.54 Å². The first-order valence-electron chi connectivity index (χ1n) is 11.2. The van der Waals surface area contributed by atoms with E-state index in [9.17, 15) is 0 Å². The maximum atomic E-state index is 5.54. The number of aromatic amines is 1. The van der Waals surface area contributed by atoms with Crippen molar-refractivity contribution in [2.45, 2.75) is 32.0 Å². The maximum Gasteiger partial charge on any atom is 0.126 e. The molecule has 1 aliphatic heterocycles. The zero-order chi connectivity index (χ0) is 22.6. The highest BCUT2D eigenvalue weighted by atomic mass is 15.1. The van der Waals surface area contributed by atoms with Crippen LogP contribution >= 0.6 is 0 Å². The smallest absolute Gasteiger partial charge is 0.126 e. The number of anilines is 1. The number of aromatic nitrogens is 3. The van der Waals surface area contributed by atoms with E-state index in [0.717, 1.165) is 51.8 Å². The van der Waals surface area contributed by atoms with Crippen LogP contribution in [0.2, 0.25) is 0 Å². The normalized spacial score (nSPS) is 18.5. The molecular weight excluding hydrogens is 408 g/mol. The first-order chi connectivity index (χ1) is 16.2. The minimum atomic E-state index is 0.169. The van der Waals surface area contributed by atoms with Crippen molar-refractivity contribution in [3.63, 3.8) is 0 Å². The Balaban J connectivity index is 1.49. The summed E-state index contributed by atoms with van der Waals surface area (Å²) in [4.78, 5) is 13.3. The number of hydrogen-bond acceptors (Lipinski definition) is 5. The third-order valence-corrected chi connectivity index (χ3v) is 5.83. The molecule has 0 bridgehead atoms. The molecule has 2 unspecified atom stereocenters. The van der Waals surface area contributed by atoms with Crippen LogP contribution in [0.1, 0.15) is 29.7 Å². The van der Waals surface area contributed by atoms with E-state index in [4.69, 9.17) is 16.4 Å². The highest BCUT2D eigenvalue weighted by Gasteiger charge is 2.24. The molecule has 0 amide bonds. The Hall–Kier alpha value is -4.24. The number of allylic oxidation sites excluding steroid dienone is 2. The summed E-state index contributed by atoms with van der Waals surface area (Å²) < 4.78 is 0. The van der Waals surface area contributed by atoms with Gasteiger partial charge in [-0.2, -0.15) is 0 Å². The molecule has 2 aliphatic rings. The van der Waals surface area contributed by atoms with Gasteiger partial charge in [-0.25, -0.2) is 4.98 Å². The molecule has 2 atom stereocenters. The fourth-order valence-electron chi connectivity index (χ4n) is 4.09. The van der Waals surface area contributed by atoms with Gasteiger partial charge in [-0.05, 0) is 36.8 Å². The number of aryl methyl sites for hydroxylation is 1. The van der Waals surface area contributed by atoms with Crippen molar-refractivity contribution in [3.8, 4) is 23.7 Å². The van der Waals surface area contributed by atoms with Crippen LogP contribution in [0.4, 0.5) is 5.69 Å². The number of hydrogen-bond donors (Lipinski definition) is 4. The van der Waals surface area contributed by atoms with Crippen molar-refractivity contribution < 1.29 is 0 Å². The van der Waals surface area contributed by atoms with Gasteiger partial charge in [0.1, 0.15) is 5.82 Å². The molecule has 4 N–H and O–H groups in total. The summed E-state index contributed by atoms with van der Waals surface area (Å²) in [7, 11) is 0. The van der Waals surface area contributed by atoms with E-state index in [2.05, 4.69) is 58.1 Å². The summed E-state index contributed by atoms with van der Waals surface area (Å²) in [5.74, 6) is 3.51. The lowest BCUT2D eigenvalue weighted by molar-refractivity contribution is 0.534. The molecule has 3 aromatic rings. The molecule has 0 spiro atoms. The van der Waals surface area contributed by atoms with Crippen LogP contribution in [0.5, 0.6) is 0 Å². The van der Waals surface area contributed by atoms with Gasteiger partial charge in [0.2, 0.25) is 0 Å². The van der Waals surface area contributed by atoms with Crippen LogP contribution in [0, 0.1) is 12.3 Å². The van der Waals surface area contributed by atoms with Crippen LogP contribution in [0.15, 0.2) is 73.1 Å². The second kappa shape index (κ2) is 9.09. The minimum Gasteiger partial charge on any atom is -0.381 e. The fraction of sp³-hybridized carbons (Fsp3) is 0.185. The first-order valence-corrected chi connectivity index (χ1v) is 11.2. The lowest BCUT2D eigenvalue weighted by atomic mass is 9.94.